The van der Waals surface area contributed by atoms with E-state index < -0.39 is 181 Å². The number of carbonyl (C=O) groups excluding carboxylic acids is 10. The van der Waals surface area contributed by atoms with Gasteiger partial charge in [0.05, 0.1) is 38.1 Å². The maximum atomic E-state index is 13.4. The molecule has 28 nitrogen and oxygen atoms in total. The average Bonchev–Trinajstić information content (AvgIpc) is 3.29. The van der Waals surface area contributed by atoms with Crippen molar-refractivity contribution >= 4 is 116 Å². The minimum Gasteiger partial charge on any atom is -0.480 e. The highest BCUT2D eigenvalue weighted by Crippen LogP contribution is 2.07. The number of thiol groups is 4. The van der Waals surface area contributed by atoms with Crippen molar-refractivity contribution in [1.29, 1.82) is 0 Å². The lowest BCUT2D eigenvalue weighted by molar-refractivity contribution is -0.139. The number of aliphatic carboxylic acids is 1. The molecule has 0 aliphatic rings. The van der Waals surface area contributed by atoms with E-state index in [1.54, 1.807) is 0 Å². The van der Waals surface area contributed by atoms with Crippen molar-refractivity contribution in [1.82, 2.24) is 53.2 Å². The third kappa shape index (κ3) is 21.3. The molecule has 0 saturated carbocycles. The summed E-state index contributed by atoms with van der Waals surface area (Å²) in [7, 11) is 0. The second kappa shape index (κ2) is 32.2. The van der Waals surface area contributed by atoms with Crippen LogP contribution in [0.3, 0.4) is 0 Å². The molecule has 32 heteroatoms. The number of hydrogen-bond acceptors (Lipinski definition) is 21. The smallest absolute Gasteiger partial charge is 0.322 e. The first kappa shape index (κ1) is 63.3. The second-order valence-corrected chi connectivity index (χ2v) is 16.5. The summed E-state index contributed by atoms with van der Waals surface area (Å²) in [6.07, 6.45) is -3.22. The number of aliphatic hydroxyl groups is 5. The number of carboxylic acids is 1. The first-order valence-corrected chi connectivity index (χ1v) is 22.9. The van der Waals surface area contributed by atoms with Gasteiger partial charge in [-0.3, -0.25) is 52.7 Å². The lowest BCUT2D eigenvalue weighted by Crippen LogP contribution is -2.63. The van der Waals surface area contributed by atoms with E-state index in [4.69, 9.17) is 10.8 Å². The summed E-state index contributed by atoms with van der Waals surface area (Å²) >= 11 is 15.9. The van der Waals surface area contributed by atoms with Gasteiger partial charge in [-0.2, -0.15) is 50.5 Å². The molecule has 0 heterocycles. The van der Waals surface area contributed by atoms with Crippen LogP contribution in [0.25, 0.3) is 0 Å². The van der Waals surface area contributed by atoms with Crippen LogP contribution < -0.4 is 58.9 Å². The standard InChI is InChI=1S/C36H63N11O17S4/c1-13(2)24(34(62)47-26(15(4)52)36(64)44-20(10-66)28(56)38-5-23(53)54)45-30(58)19(8-50)40-32(60)21(11-67)43-33(61)22(12-68)42-29(57)17(6-48)41-35(63)25(14(3)51)46-31(59)18(7-49)39-27(55)16(37)9-65/h13-22,24-26,48-52,65-68H,5-12,37H2,1-4H3,(H,38,56)(H,39,55)(H,40,60)(H,41,63)(H,42,57)(H,43,61)(H,44,64)(H,45,58)(H,46,59)(H,47,62)(H,53,54)/t14-,15-,16+,17+,18+,19+,20+,21+,22+,24+,25+,26+/m1/s1. The Balaban J connectivity index is 5.84. The number of aliphatic hydroxyl groups excluding tert-OH is 5. The minimum absolute atomic E-state index is 0.112. The van der Waals surface area contributed by atoms with Crippen LogP contribution >= 0.6 is 50.5 Å². The van der Waals surface area contributed by atoms with E-state index in [9.17, 15) is 78.3 Å². The van der Waals surface area contributed by atoms with Crippen LogP contribution in [0.2, 0.25) is 0 Å². The molecule has 0 aromatic rings. The number of nitrogens with one attached hydrogen (secondary N) is 10. The van der Waals surface area contributed by atoms with E-state index in [1.165, 1.54) is 13.8 Å². The third-order valence-electron chi connectivity index (χ3n) is 9.21. The Labute approximate surface area is 412 Å². The molecule has 18 N–H and O–H groups in total. The normalized spacial score (nSPS) is 16.4. The van der Waals surface area contributed by atoms with Crippen molar-refractivity contribution in [2.75, 3.05) is 49.4 Å². The third-order valence-corrected chi connectivity index (χ3v) is 10.7. The van der Waals surface area contributed by atoms with Crippen molar-refractivity contribution in [2.45, 2.75) is 100 Å². The van der Waals surface area contributed by atoms with Gasteiger partial charge in [0.15, 0.2) is 0 Å². The molecule has 0 rings (SSSR count). The molecule has 0 fully saturated rings. The van der Waals surface area contributed by atoms with Gasteiger partial charge in [-0.05, 0) is 19.8 Å². The van der Waals surface area contributed by atoms with Gasteiger partial charge in [0.1, 0.15) is 60.9 Å². The highest BCUT2D eigenvalue weighted by atomic mass is 32.1. The summed E-state index contributed by atoms with van der Waals surface area (Å²) in [5, 5.41) is 80.7. The summed E-state index contributed by atoms with van der Waals surface area (Å²) in [4.78, 5) is 140. The Morgan fingerprint density at radius 3 is 1.03 bits per heavy atom. The Morgan fingerprint density at radius 1 is 0.412 bits per heavy atom. The molecule has 0 aliphatic carbocycles. The van der Waals surface area contributed by atoms with Gasteiger partial charge >= 0.3 is 5.97 Å². The predicted molar refractivity (Wildman–Crippen MR) is 251 cm³/mol. The molecule has 10 amide bonds. The van der Waals surface area contributed by atoms with Gasteiger partial charge in [-0.25, -0.2) is 0 Å². The Hall–Kier alpha value is -4.67. The summed E-state index contributed by atoms with van der Waals surface area (Å²) in [5.74, 6) is -14.2. The molecule has 12 atom stereocenters. The van der Waals surface area contributed by atoms with Crippen molar-refractivity contribution < 1.29 is 83.4 Å². The van der Waals surface area contributed by atoms with Gasteiger partial charge in [0, 0.05) is 23.0 Å². The van der Waals surface area contributed by atoms with Crippen LogP contribution in [0.5, 0.6) is 0 Å². The van der Waals surface area contributed by atoms with E-state index in [1.807, 2.05) is 0 Å². The number of carbonyl (C=O) groups is 11. The number of nitrogens with two attached hydrogens (primary N) is 1. The quantitative estimate of drug-likeness (QED) is 0.0287. The maximum absolute atomic E-state index is 13.4. The first-order valence-electron chi connectivity index (χ1n) is 20.4. The van der Waals surface area contributed by atoms with Crippen LogP contribution in [0.1, 0.15) is 27.7 Å². The fourth-order valence-corrected chi connectivity index (χ4v) is 6.19. The fourth-order valence-electron chi connectivity index (χ4n) is 5.25. The molecule has 0 bridgehead atoms. The molecule has 0 unspecified atom stereocenters. The fraction of sp³-hybridized carbons (Fsp3) is 0.694. The zero-order chi connectivity index (χ0) is 52.6. The topological polar surface area (TPSA) is 455 Å². The first-order chi connectivity index (χ1) is 31.8. The van der Waals surface area contributed by atoms with E-state index in [-0.39, 0.29) is 11.5 Å². The number of carboxylic acid groups (broad SMARTS) is 1. The van der Waals surface area contributed by atoms with Gasteiger partial charge < -0.3 is 89.5 Å². The summed E-state index contributed by atoms with van der Waals surface area (Å²) in [6.45, 7) is 1.30. The number of amides is 10. The lowest BCUT2D eigenvalue weighted by atomic mass is 10.0. The Bertz CT molecular complexity index is 1770. The molecule has 0 aromatic carbocycles. The molecule has 0 spiro atoms. The lowest BCUT2D eigenvalue weighted by Gasteiger charge is -2.29. The minimum atomic E-state index is -1.83. The zero-order valence-corrected chi connectivity index (χ0v) is 40.8. The van der Waals surface area contributed by atoms with Crippen LogP contribution in [-0.4, -0.2) is 218 Å². The van der Waals surface area contributed by atoms with Crippen LogP contribution in [0.15, 0.2) is 0 Å². The molecular weight excluding hydrogens is 987 g/mol. The predicted octanol–water partition coefficient (Wildman–Crippen LogP) is -10.0. The molecule has 0 saturated heterocycles. The van der Waals surface area contributed by atoms with Gasteiger partial charge in [0.25, 0.3) is 0 Å². The second-order valence-electron chi connectivity index (χ2n) is 15.0. The van der Waals surface area contributed by atoms with Crippen molar-refractivity contribution in [3.05, 3.63) is 0 Å². The molecule has 0 radical (unpaired) electrons. The van der Waals surface area contributed by atoms with E-state index in [0.717, 1.165) is 13.8 Å². The summed E-state index contributed by atoms with van der Waals surface area (Å²) < 4.78 is 0. The Kier molecular flexibility index (Phi) is 30.0. The maximum Gasteiger partial charge on any atom is 0.322 e. The summed E-state index contributed by atoms with van der Waals surface area (Å²) in [6, 6.07) is -15.9. The Morgan fingerprint density at radius 2 is 0.691 bits per heavy atom. The average molecular weight is 1050 g/mol. The number of hydrogen-bond donors (Lipinski definition) is 21. The SMILES string of the molecule is CC(C)[C@H](NC(=O)[C@H](CO)NC(=O)[C@H](CS)NC(=O)[C@H](CS)NC(=O)[C@H](CO)NC(=O)[C@@H](NC(=O)[C@H](CO)NC(=O)[C@@H](N)CS)[C@@H](C)O)C(=O)N[C@H](C(=O)N[C@@H](CS)C(=O)NCC(=O)O)[C@@H](C)O. The number of rotatable bonds is 31. The highest BCUT2D eigenvalue weighted by Gasteiger charge is 2.37. The highest BCUT2D eigenvalue weighted by molar-refractivity contribution is 7.80. The van der Waals surface area contributed by atoms with Crippen molar-refractivity contribution in [3.8, 4) is 0 Å². The van der Waals surface area contributed by atoms with Crippen molar-refractivity contribution in [2.24, 2.45) is 11.7 Å². The van der Waals surface area contributed by atoms with E-state index in [0.29, 0.717) is 0 Å². The van der Waals surface area contributed by atoms with Crippen LogP contribution in [-0.2, 0) is 52.7 Å². The van der Waals surface area contributed by atoms with E-state index in [2.05, 4.69) is 104 Å². The molecule has 68 heavy (non-hydrogen) atoms. The van der Waals surface area contributed by atoms with Gasteiger partial charge in [-0.1, -0.05) is 13.8 Å². The summed E-state index contributed by atoms with van der Waals surface area (Å²) in [5.41, 5.74) is 5.55. The van der Waals surface area contributed by atoms with Crippen molar-refractivity contribution in [3.63, 3.8) is 0 Å². The zero-order valence-electron chi connectivity index (χ0n) is 37.2. The van der Waals surface area contributed by atoms with Crippen LogP contribution in [0.4, 0.5) is 0 Å². The van der Waals surface area contributed by atoms with E-state index >= 15 is 0 Å². The monoisotopic (exact) mass is 1050 g/mol. The van der Waals surface area contributed by atoms with Crippen LogP contribution in [0, 0.1) is 5.92 Å². The molecule has 0 aromatic heterocycles. The van der Waals surface area contributed by atoms with Gasteiger partial charge in [0.2, 0.25) is 59.1 Å². The largest absolute Gasteiger partial charge is 0.480 e. The molecule has 388 valence electrons. The van der Waals surface area contributed by atoms with Gasteiger partial charge in [-0.15, -0.1) is 0 Å². The molecule has 0 aliphatic heterocycles. The molecular formula is C36H63N11O17S4.